The van der Waals surface area contributed by atoms with E-state index in [0.29, 0.717) is 11.4 Å². The summed E-state index contributed by atoms with van der Waals surface area (Å²) in [6.45, 7) is 4.19. The van der Waals surface area contributed by atoms with Crippen molar-refractivity contribution in [2.45, 2.75) is 20.0 Å². The summed E-state index contributed by atoms with van der Waals surface area (Å²) in [5.74, 6) is -0.933. The van der Waals surface area contributed by atoms with E-state index in [2.05, 4.69) is 15.3 Å². The predicted molar refractivity (Wildman–Crippen MR) is 69.2 cm³/mol. The molecule has 0 saturated carbocycles. The first-order chi connectivity index (χ1) is 8.90. The van der Waals surface area contributed by atoms with Crippen molar-refractivity contribution in [2.75, 3.05) is 11.9 Å². The van der Waals surface area contributed by atoms with Crippen LogP contribution in [0.25, 0.3) is 10.6 Å². The lowest BCUT2D eigenvalue weighted by molar-refractivity contribution is -0.144. The molecule has 0 fully saturated rings. The first-order valence-electron chi connectivity index (χ1n) is 5.67. The smallest absolute Gasteiger partial charge is 0.370 e. The van der Waals surface area contributed by atoms with Crippen molar-refractivity contribution in [2.24, 2.45) is 0 Å². The second-order valence-corrected chi connectivity index (χ2v) is 5.19. The Morgan fingerprint density at radius 2 is 2.00 bits per heavy atom. The predicted octanol–water partition coefficient (Wildman–Crippen LogP) is 3.96. The third kappa shape index (κ3) is 3.23. The number of rotatable bonds is 3. The van der Waals surface area contributed by atoms with Gasteiger partial charge in [0.25, 0.3) is 0 Å². The molecule has 0 radical (unpaired) electrons. The van der Waals surface area contributed by atoms with Gasteiger partial charge >= 0.3 is 6.18 Å². The molecular weight excluding hydrogens is 275 g/mol. The van der Waals surface area contributed by atoms with Crippen LogP contribution in [0.1, 0.15) is 17.6 Å². The fourth-order valence-electron chi connectivity index (χ4n) is 1.54. The molecule has 0 aromatic carbocycles. The molecule has 102 valence electrons. The number of thiophene rings is 1. The number of hydrogen-bond donors (Lipinski definition) is 1. The highest BCUT2D eigenvalue weighted by atomic mass is 32.1. The Kier molecular flexibility index (Phi) is 3.75. The van der Waals surface area contributed by atoms with Crippen LogP contribution < -0.4 is 5.32 Å². The summed E-state index contributed by atoms with van der Waals surface area (Å²) >= 11 is 1.40. The highest BCUT2D eigenvalue weighted by Crippen LogP contribution is 2.32. The number of halogens is 3. The van der Waals surface area contributed by atoms with E-state index in [1.807, 2.05) is 13.0 Å². The van der Waals surface area contributed by atoms with Crippen molar-refractivity contribution < 1.29 is 13.2 Å². The summed E-state index contributed by atoms with van der Waals surface area (Å²) in [6.07, 6.45) is -4.55. The molecule has 2 aromatic heterocycles. The van der Waals surface area contributed by atoms with Crippen LogP contribution in [0, 0.1) is 6.92 Å². The van der Waals surface area contributed by atoms with Crippen molar-refractivity contribution in [1.29, 1.82) is 0 Å². The van der Waals surface area contributed by atoms with Gasteiger partial charge in [0.05, 0.1) is 10.6 Å². The maximum absolute atomic E-state index is 12.8. The third-order valence-corrected chi connectivity index (χ3v) is 3.35. The first-order valence-corrected chi connectivity index (χ1v) is 6.48. The Balaban J connectivity index is 2.51. The van der Waals surface area contributed by atoms with Gasteiger partial charge in [-0.3, -0.25) is 0 Å². The molecule has 0 spiro atoms. The number of nitrogens with one attached hydrogen (secondary N) is 1. The second kappa shape index (κ2) is 5.16. The Morgan fingerprint density at radius 1 is 1.26 bits per heavy atom. The minimum Gasteiger partial charge on any atom is -0.370 e. The Hall–Kier alpha value is -1.63. The zero-order valence-electron chi connectivity index (χ0n) is 10.4. The Morgan fingerprint density at radius 3 is 2.53 bits per heavy atom. The molecular formula is C12H12F3N3S. The minimum absolute atomic E-state index is 0.186. The number of aromatic nitrogens is 2. The molecule has 0 bridgehead atoms. The molecule has 1 N–H and O–H groups in total. The number of alkyl halides is 3. The summed E-state index contributed by atoms with van der Waals surface area (Å²) in [7, 11) is 0. The minimum atomic E-state index is -4.55. The SMILES string of the molecule is CCNc1cc(-c2ccc(C)s2)nc(C(F)(F)F)n1. The molecule has 3 nitrogen and oxygen atoms in total. The van der Waals surface area contributed by atoms with Crippen LogP contribution in [-0.4, -0.2) is 16.5 Å². The largest absolute Gasteiger partial charge is 0.451 e. The van der Waals surface area contributed by atoms with Crippen molar-refractivity contribution in [1.82, 2.24) is 9.97 Å². The normalized spacial score (nSPS) is 11.6. The van der Waals surface area contributed by atoms with Gasteiger partial charge in [0.1, 0.15) is 5.82 Å². The van der Waals surface area contributed by atoms with E-state index in [1.54, 1.807) is 13.0 Å². The van der Waals surface area contributed by atoms with Crippen LogP contribution in [0.15, 0.2) is 18.2 Å². The van der Waals surface area contributed by atoms with Crippen LogP contribution >= 0.6 is 11.3 Å². The lowest BCUT2D eigenvalue weighted by Gasteiger charge is -2.10. The topological polar surface area (TPSA) is 37.8 Å². The average Bonchev–Trinajstić information content (AvgIpc) is 2.75. The third-order valence-electron chi connectivity index (χ3n) is 2.33. The van der Waals surface area contributed by atoms with E-state index < -0.39 is 12.0 Å². The first kappa shape index (κ1) is 13.8. The molecule has 0 atom stereocenters. The van der Waals surface area contributed by atoms with Gasteiger partial charge in [-0.1, -0.05) is 0 Å². The standard InChI is InChI=1S/C12H12F3N3S/c1-3-16-10-6-8(9-5-4-7(2)19-9)17-11(18-10)12(13,14)15/h4-6H,3H2,1-2H3,(H,16,17,18). The van der Waals surface area contributed by atoms with Crippen molar-refractivity contribution in [3.63, 3.8) is 0 Å². The van der Waals surface area contributed by atoms with Gasteiger partial charge in [-0.2, -0.15) is 13.2 Å². The van der Waals surface area contributed by atoms with E-state index in [9.17, 15) is 13.2 Å². The summed E-state index contributed by atoms with van der Waals surface area (Å²) < 4.78 is 38.3. The molecule has 19 heavy (non-hydrogen) atoms. The van der Waals surface area contributed by atoms with Crippen molar-refractivity contribution in [3.8, 4) is 10.6 Å². The van der Waals surface area contributed by atoms with Crippen LogP contribution in [0.4, 0.5) is 19.0 Å². The van der Waals surface area contributed by atoms with Crippen molar-refractivity contribution >= 4 is 17.2 Å². The molecule has 0 amide bonds. The van der Waals surface area contributed by atoms with E-state index in [1.165, 1.54) is 17.4 Å². The second-order valence-electron chi connectivity index (χ2n) is 3.90. The van der Waals surface area contributed by atoms with Crippen molar-refractivity contribution in [3.05, 3.63) is 28.9 Å². The van der Waals surface area contributed by atoms with Gasteiger partial charge in [-0.05, 0) is 26.0 Å². The fourth-order valence-corrected chi connectivity index (χ4v) is 2.37. The molecule has 2 aromatic rings. The zero-order valence-corrected chi connectivity index (χ0v) is 11.2. The van der Waals surface area contributed by atoms with Crippen LogP contribution in [0.2, 0.25) is 0 Å². The lowest BCUT2D eigenvalue weighted by Crippen LogP contribution is -2.13. The Labute approximate surface area is 112 Å². The molecule has 7 heteroatoms. The maximum atomic E-state index is 12.8. The van der Waals surface area contributed by atoms with Crippen LogP contribution in [0.5, 0.6) is 0 Å². The summed E-state index contributed by atoms with van der Waals surface area (Å²) in [5.41, 5.74) is 0.288. The molecule has 0 saturated heterocycles. The van der Waals surface area contributed by atoms with Crippen LogP contribution in [-0.2, 0) is 6.18 Å². The van der Waals surface area contributed by atoms with Gasteiger partial charge in [0, 0.05) is 17.5 Å². The number of hydrogen-bond acceptors (Lipinski definition) is 4. The number of nitrogens with zero attached hydrogens (tertiary/aromatic N) is 2. The molecule has 2 heterocycles. The summed E-state index contributed by atoms with van der Waals surface area (Å²) in [5, 5.41) is 2.79. The van der Waals surface area contributed by atoms with E-state index in [4.69, 9.17) is 0 Å². The van der Waals surface area contributed by atoms with E-state index in [-0.39, 0.29) is 11.5 Å². The fraction of sp³-hybridized carbons (Fsp3) is 0.333. The van der Waals surface area contributed by atoms with E-state index in [0.717, 1.165) is 4.88 Å². The molecule has 0 aliphatic heterocycles. The highest BCUT2D eigenvalue weighted by molar-refractivity contribution is 7.15. The Bertz CT molecular complexity index is 578. The van der Waals surface area contributed by atoms with E-state index >= 15 is 0 Å². The van der Waals surface area contributed by atoms with Gasteiger partial charge in [-0.25, -0.2) is 9.97 Å². The highest BCUT2D eigenvalue weighted by Gasteiger charge is 2.35. The van der Waals surface area contributed by atoms with Gasteiger partial charge in [-0.15, -0.1) is 11.3 Å². The van der Waals surface area contributed by atoms with Gasteiger partial charge < -0.3 is 5.32 Å². The molecule has 0 unspecified atom stereocenters. The average molecular weight is 287 g/mol. The summed E-state index contributed by atoms with van der Waals surface area (Å²) in [6, 6.07) is 5.14. The maximum Gasteiger partial charge on any atom is 0.451 e. The van der Waals surface area contributed by atoms with Gasteiger partial charge in [0.2, 0.25) is 5.82 Å². The monoisotopic (exact) mass is 287 g/mol. The zero-order chi connectivity index (χ0) is 14.0. The molecule has 0 aliphatic rings. The number of aryl methyl sites for hydroxylation is 1. The molecule has 0 aliphatic carbocycles. The van der Waals surface area contributed by atoms with Gasteiger partial charge in [0.15, 0.2) is 0 Å². The van der Waals surface area contributed by atoms with Crippen LogP contribution in [0.3, 0.4) is 0 Å². The molecule has 2 rings (SSSR count). The lowest BCUT2D eigenvalue weighted by atomic mass is 10.3. The summed E-state index contributed by atoms with van der Waals surface area (Å²) in [4.78, 5) is 8.81. The number of anilines is 1. The quantitative estimate of drug-likeness (QED) is 0.928.